The average Bonchev–Trinajstić information content (AvgIpc) is 2.84. The number of hydrogen-bond acceptors (Lipinski definition) is 1. The van der Waals surface area contributed by atoms with E-state index in [1.165, 1.54) is 0 Å². The number of carbonyl (C=O) groups is 1. The first-order chi connectivity index (χ1) is 9.22. The average molecular weight is 255 g/mol. The number of aryl methyl sites for hydroxylation is 1. The Bertz CT molecular complexity index is 582. The van der Waals surface area contributed by atoms with Gasteiger partial charge in [-0.3, -0.25) is 0 Å². The summed E-state index contributed by atoms with van der Waals surface area (Å²) >= 11 is 0. The number of rotatable bonds is 5. The molecule has 1 heterocycles. The molecular weight excluding hydrogens is 238 g/mol. The van der Waals surface area contributed by atoms with E-state index >= 15 is 0 Å². The van der Waals surface area contributed by atoms with Crippen molar-refractivity contribution in [3.05, 3.63) is 59.9 Å². The van der Waals surface area contributed by atoms with Crippen LogP contribution in [0.5, 0.6) is 0 Å². The van der Waals surface area contributed by atoms with Crippen molar-refractivity contribution in [1.82, 2.24) is 4.57 Å². The van der Waals surface area contributed by atoms with Gasteiger partial charge < -0.3 is 9.67 Å². The minimum absolute atomic E-state index is 0.316. The standard InChI is InChI=1S/C16H17NO2/c1-2-10-17-11-6-9-14(17)12-15(16(18)19)13-7-4-3-5-8-13/h3-9,11-12H,2,10H2,1H3,(H,18,19). The Morgan fingerprint density at radius 1 is 1.21 bits per heavy atom. The zero-order valence-electron chi connectivity index (χ0n) is 10.9. The molecule has 0 fully saturated rings. The van der Waals surface area contributed by atoms with Crippen molar-refractivity contribution in [2.24, 2.45) is 0 Å². The zero-order chi connectivity index (χ0) is 13.7. The first kappa shape index (κ1) is 13.1. The van der Waals surface area contributed by atoms with E-state index in [1.807, 2.05) is 48.7 Å². The van der Waals surface area contributed by atoms with Gasteiger partial charge in [-0.25, -0.2) is 4.79 Å². The lowest BCUT2D eigenvalue weighted by Gasteiger charge is -2.06. The lowest BCUT2D eigenvalue weighted by atomic mass is 10.1. The molecule has 1 N–H and O–H groups in total. The van der Waals surface area contributed by atoms with Gasteiger partial charge >= 0.3 is 5.97 Å². The molecule has 0 saturated carbocycles. The fourth-order valence-corrected chi connectivity index (χ4v) is 2.04. The van der Waals surface area contributed by atoms with Crippen molar-refractivity contribution in [2.45, 2.75) is 19.9 Å². The lowest BCUT2D eigenvalue weighted by molar-refractivity contribution is -0.130. The number of aliphatic carboxylic acids is 1. The Morgan fingerprint density at radius 2 is 1.95 bits per heavy atom. The molecule has 0 spiro atoms. The zero-order valence-corrected chi connectivity index (χ0v) is 10.9. The highest BCUT2D eigenvalue weighted by molar-refractivity contribution is 6.20. The molecule has 2 rings (SSSR count). The number of nitrogens with zero attached hydrogens (tertiary/aromatic N) is 1. The molecule has 2 aromatic rings. The van der Waals surface area contributed by atoms with Crippen molar-refractivity contribution < 1.29 is 9.90 Å². The number of carboxylic acid groups (broad SMARTS) is 1. The summed E-state index contributed by atoms with van der Waals surface area (Å²) in [6, 6.07) is 13.1. The van der Waals surface area contributed by atoms with Crippen molar-refractivity contribution >= 4 is 17.6 Å². The fraction of sp³-hybridized carbons (Fsp3) is 0.188. The van der Waals surface area contributed by atoms with E-state index in [-0.39, 0.29) is 0 Å². The van der Waals surface area contributed by atoms with E-state index in [9.17, 15) is 9.90 Å². The summed E-state index contributed by atoms with van der Waals surface area (Å²) in [5.74, 6) is -0.907. The Kier molecular flexibility index (Phi) is 4.18. The molecule has 3 nitrogen and oxygen atoms in total. The van der Waals surface area contributed by atoms with Crippen molar-refractivity contribution in [3.8, 4) is 0 Å². The molecule has 0 bridgehead atoms. The van der Waals surface area contributed by atoms with Crippen LogP contribution in [0.3, 0.4) is 0 Å². The highest BCUT2D eigenvalue weighted by Gasteiger charge is 2.10. The molecule has 98 valence electrons. The summed E-state index contributed by atoms with van der Waals surface area (Å²) in [5.41, 5.74) is 1.96. The summed E-state index contributed by atoms with van der Waals surface area (Å²) < 4.78 is 2.06. The van der Waals surface area contributed by atoms with Gasteiger partial charge in [0, 0.05) is 18.4 Å². The van der Waals surface area contributed by atoms with Crippen LogP contribution >= 0.6 is 0 Å². The van der Waals surface area contributed by atoms with Gasteiger partial charge in [-0.1, -0.05) is 37.3 Å². The monoisotopic (exact) mass is 255 g/mol. The highest BCUT2D eigenvalue weighted by Crippen LogP contribution is 2.19. The van der Waals surface area contributed by atoms with Gasteiger partial charge in [0.2, 0.25) is 0 Å². The topological polar surface area (TPSA) is 42.2 Å². The first-order valence-corrected chi connectivity index (χ1v) is 6.38. The largest absolute Gasteiger partial charge is 0.478 e. The molecular formula is C16H17NO2. The van der Waals surface area contributed by atoms with Crippen molar-refractivity contribution in [2.75, 3.05) is 0 Å². The molecule has 1 aromatic carbocycles. The van der Waals surface area contributed by atoms with E-state index in [0.29, 0.717) is 5.57 Å². The minimum atomic E-state index is -0.907. The highest BCUT2D eigenvalue weighted by atomic mass is 16.4. The second kappa shape index (κ2) is 6.05. The van der Waals surface area contributed by atoms with E-state index < -0.39 is 5.97 Å². The van der Waals surface area contributed by atoms with Crippen molar-refractivity contribution in [1.29, 1.82) is 0 Å². The molecule has 0 aliphatic rings. The molecule has 0 unspecified atom stereocenters. The number of aromatic nitrogens is 1. The maximum absolute atomic E-state index is 11.4. The van der Waals surface area contributed by atoms with Crippen LogP contribution in [0.1, 0.15) is 24.6 Å². The predicted octanol–water partition coefficient (Wildman–Crippen LogP) is 3.52. The molecule has 19 heavy (non-hydrogen) atoms. The van der Waals surface area contributed by atoms with Crippen LogP contribution in [-0.2, 0) is 11.3 Å². The Morgan fingerprint density at radius 3 is 2.58 bits per heavy atom. The Balaban J connectivity index is 2.42. The third kappa shape index (κ3) is 3.13. The minimum Gasteiger partial charge on any atom is -0.478 e. The third-order valence-corrected chi connectivity index (χ3v) is 2.94. The number of benzene rings is 1. The lowest BCUT2D eigenvalue weighted by Crippen LogP contribution is -2.02. The molecule has 0 radical (unpaired) electrons. The van der Waals surface area contributed by atoms with Gasteiger partial charge in [-0.15, -0.1) is 0 Å². The van der Waals surface area contributed by atoms with Crippen LogP contribution in [-0.4, -0.2) is 15.6 Å². The van der Waals surface area contributed by atoms with Crippen LogP contribution in [0.25, 0.3) is 11.6 Å². The normalized spacial score (nSPS) is 11.5. The van der Waals surface area contributed by atoms with Crippen LogP contribution < -0.4 is 0 Å². The van der Waals surface area contributed by atoms with Crippen LogP contribution in [0.2, 0.25) is 0 Å². The van der Waals surface area contributed by atoms with Gasteiger partial charge in [-0.05, 0) is 30.2 Å². The smallest absolute Gasteiger partial charge is 0.336 e. The summed E-state index contributed by atoms with van der Waals surface area (Å²) in [7, 11) is 0. The van der Waals surface area contributed by atoms with Gasteiger partial charge in [0.1, 0.15) is 0 Å². The van der Waals surface area contributed by atoms with Crippen LogP contribution in [0.15, 0.2) is 48.7 Å². The second-order valence-corrected chi connectivity index (χ2v) is 4.36. The number of carboxylic acids is 1. The predicted molar refractivity (Wildman–Crippen MR) is 76.7 cm³/mol. The van der Waals surface area contributed by atoms with Gasteiger partial charge in [0.25, 0.3) is 0 Å². The maximum atomic E-state index is 11.4. The van der Waals surface area contributed by atoms with Gasteiger partial charge in [-0.2, -0.15) is 0 Å². The molecule has 1 aromatic heterocycles. The van der Waals surface area contributed by atoms with E-state index in [2.05, 4.69) is 11.5 Å². The summed E-state index contributed by atoms with van der Waals surface area (Å²) in [6.07, 6.45) is 4.72. The molecule has 3 heteroatoms. The fourth-order valence-electron chi connectivity index (χ4n) is 2.04. The van der Waals surface area contributed by atoms with Crippen LogP contribution in [0, 0.1) is 0 Å². The molecule has 0 saturated heterocycles. The number of hydrogen-bond donors (Lipinski definition) is 1. The molecule has 0 amide bonds. The Labute approximate surface area is 112 Å². The quantitative estimate of drug-likeness (QED) is 0.830. The summed E-state index contributed by atoms with van der Waals surface area (Å²) in [5, 5.41) is 9.37. The van der Waals surface area contributed by atoms with Crippen molar-refractivity contribution in [3.63, 3.8) is 0 Å². The first-order valence-electron chi connectivity index (χ1n) is 6.38. The van der Waals surface area contributed by atoms with Gasteiger partial charge in [0.05, 0.1) is 5.57 Å². The summed E-state index contributed by atoms with van der Waals surface area (Å²) in [6.45, 7) is 2.99. The third-order valence-electron chi connectivity index (χ3n) is 2.94. The van der Waals surface area contributed by atoms with E-state index in [1.54, 1.807) is 6.08 Å². The maximum Gasteiger partial charge on any atom is 0.336 e. The SMILES string of the molecule is CCCn1cccc1C=C(C(=O)O)c1ccccc1. The second-order valence-electron chi connectivity index (χ2n) is 4.36. The van der Waals surface area contributed by atoms with E-state index in [4.69, 9.17) is 0 Å². The Hall–Kier alpha value is -2.29. The molecule has 0 aliphatic heterocycles. The van der Waals surface area contributed by atoms with E-state index in [0.717, 1.165) is 24.2 Å². The molecule has 0 atom stereocenters. The molecule has 0 aliphatic carbocycles. The van der Waals surface area contributed by atoms with Gasteiger partial charge in [0.15, 0.2) is 0 Å². The summed E-state index contributed by atoms with van der Waals surface area (Å²) in [4.78, 5) is 11.4. The van der Waals surface area contributed by atoms with Crippen LogP contribution in [0.4, 0.5) is 0 Å².